The van der Waals surface area contributed by atoms with Gasteiger partial charge in [0.2, 0.25) is 21.8 Å². The van der Waals surface area contributed by atoms with Crippen LogP contribution >= 0.6 is 0 Å². The van der Waals surface area contributed by atoms with E-state index in [-0.39, 0.29) is 17.7 Å². The zero-order valence-electron chi connectivity index (χ0n) is 20.7. The van der Waals surface area contributed by atoms with Crippen molar-refractivity contribution in [1.82, 2.24) is 15.1 Å². The first-order chi connectivity index (χ1) is 16.6. The van der Waals surface area contributed by atoms with Crippen LogP contribution < -0.4 is 10.0 Å². The smallest absolute Gasteiger partial charge is 0.248 e. The van der Waals surface area contributed by atoms with E-state index in [0.29, 0.717) is 44.7 Å². The third-order valence-corrected chi connectivity index (χ3v) is 8.50. The largest absolute Gasteiger partial charge is 0.390 e. The highest BCUT2D eigenvalue weighted by Crippen LogP contribution is 2.36. The number of likely N-dealkylation sites (tertiary alicyclic amines) is 1. The van der Waals surface area contributed by atoms with Gasteiger partial charge in [-0.1, -0.05) is 31.4 Å². The highest BCUT2D eigenvalue weighted by Gasteiger charge is 2.54. The van der Waals surface area contributed by atoms with Crippen molar-refractivity contribution < 1.29 is 23.1 Å². The lowest BCUT2D eigenvalue weighted by atomic mass is 9.78. The molecular weight excluding hydrogens is 468 g/mol. The molecule has 3 fully saturated rings. The number of nitrogens with one attached hydrogen (secondary N) is 2. The minimum atomic E-state index is -3.31. The van der Waals surface area contributed by atoms with Gasteiger partial charge in [0.25, 0.3) is 0 Å². The van der Waals surface area contributed by atoms with E-state index < -0.39 is 27.7 Å². The van der Waals surface area contributed by atoms with Gasteiger partial charge in [-0.05, 0) is 56.2 Å². The average Bonchev–Trinajstić information content (AvgIpc) is 2.83. The molecule has 2 atom stereocenters. The summed E-state index contributed by atoms with van der Waals surface area (Å²) in [6.45, 7) is 4.35. The Morgan fingerprint density at radius 3 is 2.31 bits per heavy atom. The maximum Gasteiger partial charge on any atom is 0.248 e. The topological polar surface area (TPSA) is 119 Å². The molecule has 3 N–H and O–H groups in total. The maximum absolute atomic E-state index is 13.5. The molecule has 2 aliphatic heterocycles. The predicted molar refractivity (Wildman–Crippen MR) is 134 cm³/mol. The van der Waals surface area contributed by atoms with E-state index in [4.69, 9.17) is 0 Å². The Morgan fingerprint density at radius 1 is 1.11 bits per heavy atom. The summed E-state index contributed by atoms with van der Waals surface area (Å²) in [6, 6.07) is 6.42. The van der Waals surface area contributed by atoms with Gasteiger partial charge in [0.05, 0.1) is 12.4 Å². The first-order valence-electron chi connectivity index (χ1n) is 12.7. The quantitative estimate of drug-likeness (QED) is 0.518. The molecule has 9 nitrogen and oxygen atoms in total. The van der Waals surface area contributed by atoms with E-state index in [1.165, 1.54) is 0 Å². The van der Waals surface area contributed by atoms with Crippen molar-refractivity contribution in [3.63, 3.8) is 0 Å². The van der Waals surface area contributed by atoms with Gasteiger partial charge in [0.15, 0.2) is 0 Å². The highest BCUT2D eigenvalue weighted by molar-refractivity contribution is 7.92. The molecule has 2 saturated heterocycles. The number of anilines is 1. The van der Waals surface area contributed by atoms with Crippen LogP contribution in [-0.4, -0.2) is 78.7 Å². The molecule has 3 aliphatic rings. The minimum Gasteiger partial charge on any atom is -0.390 e. The van der Waals surface area contributed by atoms with Crippen molar-refractivity contribution in [2.75, 3.05) is 30.6 Å². The van der Waals surface area contributed by atoms with Gasteiger partial charge >= 0.3 is 0 Å². The molecular formula is C25H38N4O5S. The molecule has 0 bridgehead atoms. The molecule has 0 aromatic heterocycles. The fourth-order valence-electron chi connectivity index (χ4n) is 6.01. The first-order valence-corrected chi connectivity index (χ1v) is 14.6. The van der Waals surface area contributed by atoms with Crippen LogP contribution in [0.2, 0.25) is 0 Å². The monoisotopic (exact) mass is 506 g/mol. The number of rotatable bonds is 7. The van der Waals surface area contributed by atoms with Crippen LogP contribution in [0.15, 0.2) is 24.3 Å². The van der Waals surface area contributed by atoms with E-state index in [2.05, 4.69) is 14.9 Å². The third kappa shape index (κ3) is 5.65. The molecule has 194 valence electrons. The number of sulfonamides is 1. The number of benzene rings is 1. The summed E-state index contributed by atoms with van der Waals surface area (Å²) in [4.78, 5) is 30.8. The van der Waals surface area contributed by atoms with Crippen molar-refractivity contribution in [2.24, 2.45) is 5.92 Å². The molecule has 1 spiro atoms. The molecule has 1 aromatic rings. The number of amides is 2. The number of nitrogens with zero attached hydrogens (tertiary/aromatic N) is 2. The molecule has 4 rings (SSSR count). The number of likely N-dealkylation sites (N-methyl/N-ethyl adjacent to an activating group) is 1. The van der Waals surface area contributed by atoms with Crippen molar-refractivity contribution >= 4 is 27.5 Å². The van der Waals surface area contributed by atoms with Crippen LogP contribution in [0, 0.1) is 5.92 Å². The Kier molecular flexibility index (Phi) is 7.73. The van der Waals surface area contributed by atoms with Crippen LogP contribution in [0.5, 0.6) is 0 Å². The van der Waals surface area contributed by atoms with E-state index in [1.807, 2.05) is 19.1 Å². The second-order valence-electron chi connectivity index (χ2n) is 10.3. The van der Waals surface area contributed by atoms with Gasteiger partial charge < -0.3 is 15.3 Å². The third-order valence-electron chi connectivity index (χ3n) is 7.90. The Hall–Kier alpha value is -2.17. The molecule has 35 heavy (non-hydrogen) atoms. The van der Waals surface area contributed by atoms with Gasteiger partial charge in [-0.25, -0.2) is 8.42 Å². The van der Waals surface area contributed by atoms with Crippen LogP contribution in [0.3, 0.4) is 0 Å². The number of hydrogen-bond donors (Lipinski definition) is 3. The molecule has 2 amide bonds. The number of aliphatic hydroxyl groups excluding tert-OH is 1. The lowest BCUT2D eigenvalue weighted by Crippen LogP contribution is -2.74. The summed E-state index contributed by atoms with van der Waals surface area (Å²) in [6.07, 6.45) is 6.45. The van der Waals surface area contributed by atoms with Crippen LogP contribution in [0.25, 0.3) is 0 Å². The van der Waals surface area contributed by atoms with Crippen molar-refractivity contribution in [3.8, 4) is 0 Å². The molecule has 0 unspecified atom stereocenters. The van der Waals surface area contributed by atoms with E-state index in [9.17, 15) is 23.1 Å². The van der Waals surface area contributed by atoms with Gasteiger partial charge in [-0.3, -0.25) is 19.2 Å². The second-order valence-corrected chi connectivity index (χ2v) is 12.0. The van der Waals surface area contributed by atoms with E-state index in [1.54, 1.807) is 17.0 Å². The Balaban J connectivity index is 1.39. The maximum atomic E-state index is 13.5. The number of piperazine rings is 1. The molecule has 1 aliphatic carbocycles. The van der Waals surface area contributed by atoms with Crippen LogP contribution in [0.4, 0.5) is 5.69 Å². The minimum absolute atomic E-state index is 0.0617. The lowest BCUT2D eigenvalue weighted by molar-refractivity contribution is -0.165. The van der Waals surface area contributed by atoms with Crippen LogP contribution in [0.1, 0.15) is 57.4 Å². The van der Waals surface area contributed by atoms with Gasteiger partial charge in [-0.2, -0.15) is 0 Å². The second kappa shape index (κ2) is 10.4. The highest BCUT2D eigenvalue weighted by atomic mass is 32.2. The average molecular weight is 507 g/mol. The van der Waals surface area contributed by atoms with Crippen molar-refractivity contribution in [3.05, 3.63) is 29.8 Å². The summed E-state index contributed by atoms with van der Waals surface area (Å²) in [7, 11) is -3.31. The number of carbonyl (C=O) groups is 2. The van der Waals surface area contributed by atoms with E-state index in [0.717, 1.165) is 43.9 Å². The zero-order chi connectivity index (χ0) is 25.2. The molecule has 0 radical (unpaired) electrons. The number of piperidine rings is 1. The van der Waals surface area contributed by atoms with Crippen molar-refractivity contribution in [1.29, 1.82) is 0 Å². The Morgan fingerprint density at radius 2 is 1.74 bits per heavy atom. The fraction of sp³-hybridized carbons (Fsp3) is 0.680. The zero-order valence-corrected chi connectivity index (χ0v) is 21.5. The predicted octanol–water partition coefficient (Wildman–Crippen LogP) is 1.68. The SMILES string of the molecule is CCN1C(=O)[C@@H]([C@H](O)C2CCCCC2)NC(=O)C12CCN(Cc1ccc(NS(C)(=O)=O)cc1)CC2. The summed E-state index contributed by atoms with van der Waals surface area (Å²) < 4.78 is 25.3. The van der Waals surface area contributed by atoms with Gasteiger partial charge in [0, 0.05) is 31.9 Å². The number of hydrogen-bond acceptors (Lipinski definition) is 6. The Bertz CT molecular complexity index is 1010. The Labute approximate surface area is 208 Å². The summed E-state index contributed by atoms with van der Waals surface area (Å²) in [5.74, 6) is -0.242. The molecule has 2 heterocycles. The first kappa shape index (κ1) is 25.9. The summed E-state index contributed by atoms with van der Waals surface area (Å²) in [5.41, 5.74) is 0.705. The van der Waals surface area contributed by atoms with Gasteiger partial charge in [0.1, 0.15) is 11.6 Å². The standard InChI is InChI=1S/C25H38N4O5S/c1-3-29-23(31)21(22(30)19-7-5-4-6-8-19)26-24(32)25(29)13-15-28(16-14-25)17-18-9-11-20(12-10-18)27-35(2,33)34/h9-12,19,21-22,27,30H,3-8,13-17H2,1-2H3,(H,26,32)/t21-,22-/m1/s1. The lowest BCUT2D eigenvalue weighted by Gasteiger charge is -2.52. The molecule has 1 saturated carbocycles. The fourth-order valence-corrected chi connectivity index (χ4v) is 6.57. The summed E-state index contributed by atoms with van der Waals surface area (Å²) in [5, 5.41) is 13.9. The van der Waals surface area contributed by atoms with Crippen molar-refractivity contribution in [2.45, 2.75) is 76.1 Å². The molecule has 1 aromatic carbocycles. The van der Waals surface area contributed by atoms with E-state index >= 15 is 0 Å². The normalized spacial score (nSPS) is 24.9. The number of carbonyl (C=O) groups excluding carboxylic acids is 2. The van der Waals surface area contributed by atoms with Crippen LogP contribution in [-0.2, 0) is 26.2 Å². The molecule has 10 heteroatoms. The summed E-state index contributed by atoms with van der Waals surface area (Å²) >= 11 is 0. The van der Waals surface area contributed by atoms with Gasteiger partial charge in [-0.15, -0.1) is 0 Å². The number of aliphatic hydroxyl groups is 1.